The lowest BCUT2D eigenvalue weighted by atomic mass is 9.89. The molecule has 2 aromatic rings. The minimum atomic E-state index is -1.01. The van der Waals surface area contributed by atoms with E-state index in [0.717, 1.165) is 11.3 Å². The van der Waals surface area contributed by atoms with E-state index in [0.29, 0.717) is 12.0 Å². The van der Waals surface area contributed by atoms with Crippen LogP contribution in [0.1, 0.15) is 52.6 Å². The largest absolute Gasteiger partial charge is 0.487 e. The van der Waals surface area contributed by atoms with Gasteiger partial charge >= 0.3 is 5.97 Å². The molecule has 0 fully saturated rings. The van der Waals surface area contributed by atoms with Gasteiger partial charge in [0.15, 0.2) is 0 Å². The molecule has 3 rings (SSSR count). The van der Waals surface area contributed by atoms with Gasteiger partial charge in [0.2, 0.25) is 0 Å². The molecule has 2 N–H and O–H groups in total. The van der Waals surface area contributed by atoms with Gasteiger partial charge in [0.05, 0.1) is 11.6 Å². The van der Waals surface area contributed by atoms with Crippen molar-refractivity contribution in [3.63, 3.8) is 0 Å². The topological polar surface area (TPSA) is 75.6 Å². The lowest BCUT2D eigenvalue weighted by molar-refractivity contribution is 0.0617. The SMILES string of the molecule is CC1(C)CC(NC(=O)c2ccc(C(=O)O)cc2)c2ccccc2O1. The van der Waals surface area contributed by atoms with Gasteiger partial charge in [0.25, 0.3) is 5.91 Å². The van der Waals surface area contributed by atoms with Crippen LogP contribution in [0, 0.1) is 0 Å². The summed E-state index contributed by atoms with van der Waals surface area (Å²) in [5.74, 6) is -0.466. The van der Waals surface area contributed by atoms with Crippen molar-refractivity contribution in [2.75, 3.05) is 0 Å². The first kappa shape index (κ1) is 16.1. The zero-order chi connectivity index (χ0) is 17.3. The molecule has 0 spiro atoms. The summed E-state index contributed by atoms with van der Waals surface area (Å²) in [6, 6.07) is 13.4. The number of hydrogen-bond donors (Lipinski definition) is 2. The summed E-state index contributed by atoms with van der Waals surface area (Å²) in [4.78, 5) is 23.4. The summed E-state index contributed by atoms with van der Waals surface area (Å²) >= 11 is 0. The van der Waals surface area contributed by atoms with Crippen molar-refractivity contribution in [2.24, 2.45) is 0 Å². The molecule has 0 saturated carbocycles. The number of benzene rings is 2. The number of carboxylic acid groups (broad SMARTS) is 1. The summed E-state index contributed by atoms with van der Waals surface area (Å²) in [6.07, 6.45) is 0.656. The highest BCUT2D eigenvalue weighted by Crippen LogP contribution is 2.39. The predicted octanol–water partition coefficient (Wildman–Crippen LogP) is 3.42. The lowest BCUT2D eigenvalue weighted by Crippen LogP contribution is -2.41. The number of rotatable bonds is 3. The molecule has 1 aliphatic heterocycles. The van der Waals surface area contributed by atoms with Crippen LogP contribution in [0.5, 0.6) is 5.75 Å². The number of hydrogen-bond acceptors (Lipinski definition) is 3. The Morgan fingerprint density at radius 1 is 1.08 bits per heavy atom. The molecule has 1 atom stereocenters. The number of nitrogens with one attached hydrogen (secondary N) is 1. The van der Waals surface area contributed by atoms with E-state index in [4.69, 9.17) is 9.84 Å². The fourth-order valence-electron chi connectivity index (χ4n) is 2.94. The third kappa shape index (κ3) is 3.25. The quantitative estimate of drug-likeness (QED) is 0.906. The number of aromatic carboxylic acids is 1. The van der Waals surface area contributed by atoms with Crippen molar-refractivity contribution in [1.29, 1.82) is 0 Å². The molecule has 0 aromatic heterocycles. The second-order valence-electron chi connectivity index (χ2n) is 6.51. The molecule has 0 aliphatic carbocycles. The van der Waals surface area contributed by atoms with E-state index >= 15 is 0 Å². The fraction of sp³-hybridized carbons (Fsp3) is 0.263. The molecule has 0 radical (unpaired) electrons. The Labute approximate surface area is 140 Å². The van der Waals surface area contributed by atoms with Crippen LogP contribution < -0.4 is 10.1 Å². The Morgan fingerprint density at radius 2 is 1.71 bits per heavy atom. The Hall–Kier alpha value is -2.82. The second kappa shape index (κ2) is 6.00. The third-order valence-corrected chi connectivity index (χ3v) is 4.08. The Kier molecular flexibility index (Phi) is 4.01. The van der Waals surface area contributed by atoms with Crippen molar-refractivity contribution in [1.82, 2.24) is 5.32 Å². The number of para-hydroxylation sites is 1. The third-order valence-electron chi connectivity index (χ3n) is 4.08. The first-order valence-electron chi connectivity index (χ1n) is 7.78. The van der Waals surface area contributed by atoms with Gasteiger partial charge in [0.1, 0.15) is 11.4 Å². The van der Waals surface area contributed by atoms with Crippen molar-refractivity contribution in [3.8, 4) is 5.75 Å². The number of carbonyl (C=O) groups excluding carboxylic acids is 1. The van der Waals surface area contributed by atoms with E-state index in [1.54, 1.807) is 0 Å². The normalized spacial score (nSPS) is 18.2. The van der Waals surface area contributed by atoms with E-state index in [9.17, 15) is 9.59 Å². The first-order valence-corrected chi connectivity index (χ1v) is 7.78. The molecule has 1 aliphatic rings. The summed E-state index contributed by atoms with van der Waals surface area (Å²) in [5.41, 5.74) is 1.16. The van der Waals surface area contributed by atoms with Crippen LogP contribution >= 0.6 is 0 Å². The maximum Gasteiger partial charge on any atom is 0.335 e. The van der Waals surface area contributed by atoms with Crippen molar-refractivity contribution >= 4 is 11.9 Å². The number of ether oxygens (including phenoxy) is 1. The smallest absolute Gasteiger partial charge is 0.335 e. The Morgan fingerprint density at radius 3 is 2.38 bits per heavy atom. The van der Waals surface area contributed by atoms with Crippen molar-refractivity contribution in [2.45, 2.75) is 31.9 Å². The number of carbonyl (C=O) groups is 2. The van der Waals surface area contributed by atoms with Gasteiger partial charge in [-0.15, -0.1) is 0 Å². The van der Waals surface area contributed by atoms with E-state index < -0.39 is 5.97 Å². The predicted molar refractivity (Wildman–Crippen MR) is 89.4 cm³/mol. The van der Waals surface area contributed by atoms with Crippen LogP contribution in [0.25, 0.3) is 0 Å². The van der Waals surface area contributed by atoms with Crippen LogP contribution in [0.3, 0.4) is 0 Å². The monoisotopic (exact) mass is 325 g/mol. The molecular formula is C19H19NO4. The van der Waals surface area contributed by atoms with Crippen molar-refractivity contribution in [3.05, 3.63) is 65.2 Å². The maximum atomic E-state index is 12.5. The molecule has 1 heterocycles. The summed E-state index contributed by atoms with van der Waals surface area (Å²) in [6.45, 7) is 3.98. The van der Waals surface area contributed by atoms with Gasteiger partial charge in [-0.05, 0) is 44.2 Å². The first-order chi connectivity index (χ1) is 11.4. The van der Waals surface area contributed by atoms with Gasteiger partial charge in [0, 0.05) is 17.5 Å². The van der Waals surface area contributed by atoms with Gasteiger partial charge in [-0.3, -0.25) is 4.79 Å². The minimum Gasteiger partial charge on any atom is -0.487 e. The van der Waals surface area contributed by atoms with E-state index in [1.807, 2.05) is 38.1 Å². The maximum absolute atomic E-state index is 12.5. The molecule has 24 heavy (non-hydrogen) atoms. The van der Waals surface area contributed by atoms with Gasteiger partial charge in [-0.25, -0.2) is 4.79 Å². The van der Waals surface area contributed by atoms with Crippen LogP contribution in [0.4, 0.5) is 0 Å². The Bertz CT molecular complexity index is 780. The number of amides is 1. The lowest BCUT2D eigenvalue weighted by Gasteiger charge is -2.37. The van der Waals surface area contributed by atoms with Gasteiger partial charge < -0.3 is 15.2 Å². The molecule has 0 saturated heterocycles. The van der Waals surface area contributed by atoms with Gasteiger partial charge in [-0.1, -0.05) is 18.2 Å². The minimum absolute atomic E-state index is 0.156. The van der Waals surface area contributed by atoms with E-state index in [1.165, 1.54) is 24.3 Å². The van der Waals surface area contributed by atoms with Crippen LogP contribution in [0.2, 0.25) is 0 Å². The molecule has 1 unspecified atom stereocenters. The van der Waals surface area contributed by atoms with Gasteiger partial charge in [-0.2, -0.15) is 0 Å². The summed E-state index contributed by atoms with van der Waals surface area (Å²) in [7, 11) is 0. The Balaban J connectivity index is 1.82. The van der Waals surface area contributed by atoms with Crippen molar-refractivity contribution < 1.29 is 19.4 Å². The van der Waals surface area contributed by atoms with Crippen LogP contribution in [-0.2, 0) is 0 Å². The zero-order valence-electron chi connectivity index (χ0n) is 13.6. The van der Waals surface area contributed by atoms with E-state index in [-0.39, 0.29) is 23.1 Å². The molecular weight excluding hydrogens is 306 g/mol. The van der Waals surface area contributed by atoms with Crippen LogP contribution in [0.15, 0.2) is 48.5 Å². The highest BCUT2D eigenvalue weighted by molar-refractivity contribution is 5.96. The highest BCUT2D eigenvalue weighted by Gasteiger charge is 2.34. The summed E-state index contributed by atoms with van der Waals surface area (Å²) < 4.78 is 5.96. The molecule has 5 nitrogen and oxygen atoms in total. The average Bonchev–Trinajstić information content (AvgIpc) is 2.53. The molecule has 5 heteroatoms. The average molecular weight is 325 g/mol. The highest BCUT2D eigenvalue weighted by atomic mass is 16.5. The van der Waals surface area contributed by atoms with E-state index in [2.05, 4.69) is 5.32 Å². The fourth-order valence-corrected chi connectivity index (χ4v) is 2.94. The molecule has 0 bridgehead atoms. The standard InChI is InChI=1S/C19H19NO4/c1-19(2)11-15(14-5-3-4-6-16(14)24-19)20-17(21)12-7-9-13(10-8-12)18(22)23/h3-10,15H,11H2,1-2H3,(H,20,21)(H,22,23). The second-order valence-corrected chi connectivity index (χ2v) is 6.51. The zero-order valence-corrected chi connectivity index (χ0v) is 13.6. The summed E-state index contributed by atoms with van der Waals surface area (Å²) in [5, 5.41) is 12.0. The molecule has 124 valence electrons. The number of fused-ring (bicyclic) bond motifs is 1. The number of carboxylic acids is 1. The van der Waals surface area contributed by atoms with Crippen LogP contribution in [-0.4, -0.2) is 22.6 Å². The molecule has 2 aromatic carbocycles. The molecule has 1 amide bonds.